The van der Waals surface area contributed by atoms with E-state index in [-0.39, 0.29) is 18.4 Å². The van der Waals surface area contributed by atoms with Crippen LogP contribution in [0.15, 0.2) is 66.9 Å². The molecule has 4 aromatic rings. The van der Waals surface area contributed by atoms with Crippen LogP contribution in [0.3, 0.4) is 0 Å². The average molecular weight is 503 g/mol. The monoisotopic (exact) mass is 502 g/mol. The second-order valence-corrected chi connectivity index (χ2v) is 9.57. The van der Waals surface area contributed by atoms with Gasteiger partial charge >= 0.3 is 0 Å². The maximum absolute atomic E-state index is 14.2. The van der Waals surface area contributed by atoms with E-state index in [9.17, 15) is 9.59 Å². The first-order chi connectivity index (χ1) is 17.8. The number of rotatable bonds is 10. The molecule has 1 atom stereocenters. The number of aryl methyl sites for hydroxylation is 1. The Bertz CT molecular complexity index is 1390. The minimum absolute atomic E-state index is 0.105. The first-order valence-corrected chi connectivity index (χ1v) is 12.5. The van der Waals surface area contributed by atoms with Gasteiger partial charge in [-0.05, 0) is 63.6 Å². The first-order valence-electron chi connectivity index (χ1n) is 12.5. The quantitative estimate of drug-likeness (QED) is 0.350. The molecule has 0 aliphatic carbocycles. The van der Waals surface area contributed by atoms with Gasteiger partial charge in [0.15, 0.2) is 6.04 Å². The molecular formula is C28H34N6O3. The van der Waals surface area contributed by atoms with E-state index < -0.39 is 11.6 Å². The van der Waals surface area contributed by atoms with Crippen molar-refractivity contribution in [2.45, 2.75) is 52.2 Å². The number of amides is 2. The highest BCUT2D eigenvalue weighted by Crippen LogP contribution is 2.36. The van der Waals surface area contributed by atoms with Crippen molar-refractivity contribution in [3.05, 3.63) is 72.6 Å². The van der Waals surface area contributed by atoms with Gasteiger partial charge in [-0.25, -0.2) is 4.68 Å². The minimum Gasteiger partial charge on any atom is -0.492 e. The fourth-order valence-corrected chi connectivity index (χ4v) is 4.22. The van der Waals surface area contributed by atoms with Crippen LogP contribution in [0.25, 0.3) is 11.0 Å². The molecular weight excluding hydrogens is 468 g/mol. The molecule has 9 nitrogen and oxygen atoms in total. The van der Waals surface area contributed by atoms with Gasteiger partial charge in [0.1, 0.15) is 17.8 Å². The van der Waals surface area contributed by atoms with Gasteiger partial charge in [-0.1, -0.05) is 36.4 Å². The maximum atomic E-state index is 14.2. The molecule has 0 fully saturated rings. The van der Waals surface area contributed by atoms with Crippen LogP contribution in [0.2, 0.25) is 0 Å². The summed E-state index contributed by atoms with van der Waals surface area (Å²) in [6.45, 7) is 8.14. The van der Waals surface area contributed by atoms with E-state index in [4.69, 9.17) is 4.74 Å². The summed E-state index contributed by atoms with van der Waals surface area (Å²) in [5.41, 5.74) is 2.15. The van der Waals surface area contributed by atoms with E-state index in [0.29, 0.717) is 29.3 Å². The average Bonchev–Trinajstić information content (AvgIpc) is 3.49. The molecule has 194 valence electrons. The summed E-state index contributed by atoms with van der Waals surface area (Å²) in [4.78, 5) is 29.7. The number of aromatic nitrogens is 4. The fourth-order valence-electron chi connectivity index (χ4n) is 4.22. The fraction of sp³-hybridized carbons (Fsp3) is 0.357. The Kier molecular flexibility index (Phi) is 7.61. The second kappa shape index (κ2) is 10.9. The van der Waals surface area contributed by atoms with Crippen LogP contribution in [0.1, 0.15) is 45.9 Å². The number of nitrogens with one attached hydrogen (secondary N) is 1. The van der Waals surface area contributed by atoms with Crippen LogP contribution in [0.4, 0.5) is 5.69 Å². The Morgan fingerprint density at radius 1 is 1.05 bits per heavy atom. The number of nitrogens with zero attached hydrogens (tertiary/aromatic N) is 5. The van der Waals surface area contributed by atoms with Crippen molar-refractivity contribution in [1.29, 1.82) is 0 Å². The second-order valence-electron chi connectivity index (χ2n) is 9.57. The topological polar surface area (TPSA) is 94.3 Å². The highest BCUT2D eigenvalue weighted by Gasteiger charge is 2.37. The van der Waals surface area contributed by atoms with Crippen LogP contribution in [-0.2, 0) is 23.2 Å². The third-order valence-corrected chi connectivity index (χ3v) is 6.51. The third kappa shape index (κ3) is 5.50. The number of anilines is 1. The van der Waals surface area contributed by atoms with Gasteiger partial charge in [-0.3, -0.25) is 14.5 Å². The summed E-state index contributed by atoms with van der Waals surface area (Å²) >= 11 is 0. The Morgan fingerprint density at radius 3 is 2.49 bits per heavy atom. The SMILES string of the molecule is CCOc1ccccc1N(C(=O)Cn1nnc2ccccc21)[C@@H](C(=O)NC(C)(C)CC)c1cccn1C. The van der Waals surface area contributed by atoms with Crippen molar-refractivity contribution in [1.82, 2.24) is 24.9 Å². The van der Waals surface area contributed by atoms with Gasteiger partial charge in [0.05, 0.1) is 23.5 Å². The zero-order valence-corrected chi connectivity index (χ0v) is 22.0. The third-order valence-electron chi connectivity index (χ3n) is 6.51. The predicted molar refractivity (Wildman–Crippen MR) is 143 cm³/mol. The molecule has 0 radical (unpaired) electrons. The molecule has 0 saturated carbocycles. The Balaban J connectivity index is 1.86. The van der Waals surface area contributed by atoms with Crippen molar-refractivity contribution >= 4 is 28.5 Å². The van der Waals surface area contributed by atoms with Crippen molar-refractivity contribution in [2.24, 2.45) is 7.05 Å². The summed E-state index contributed by atoms with van der Waals surface area (Å²) in [5, 5.41) is 11.5. The van der Waals surface area contributed by atoms with Gasteiger partial charge < -0.3 is 14.6 Å². The molecule has 9 heteroatoms. The number of para-hydroxylation sites is 3. The summed E-state index contributed by atoms with van der Waals surface area (Å²) in [6.07, 6.45) is 2.59. The lowest BCUT2D eigenvalue weighted by molar-refractivity contribution is -0.128. The van der Waals surface area contributed by atoms with E-state index >= 15 is 0 Å². The smallest absolute Gasteiger partial charge is 0.249 e. The number of benzene rings is 2. The van der Waals surface area contributed by atoms with E-state index in [0.717, 1.165) is 11.9 Å². The van der Waals surface area contributed by atoms with Gasteiger partial charge in [0.2, 0.25) is 11.8 Å². The summed E-state index contributed by atoms with van der Waals surface area (Å²) < 4.78 is 9.32. The number of hydrogen-bond donors (Lipinski definition) is 1. The lowest BCUT2D eigenvalue weighted by Crippen LogP contribution is -2.51. The van der Waals surface area contributed by atoms with Gasteiger partial charge in [0, 0.05) is 18.8 Å². The van der Waals surface area contributed by atoms with Crippen molar-refractivity contribution in [3.8, 4) is 5.75 Å². The Labute approximate surface area is 217 Å². The van der Waals surface area contributed by atoms with E-state index in [2.05, 4.69) is 15.6 Å². The van der Waals surface area contributed by atoms with Crippen LogP contribution in [-0.4, -0.2) is 43.5 Å². The lowest BCUT2D eigenvalue weighted by atomic mass is 10.00. The van der Waals surface area contributed by atoms with Crippen LogP contribution < -0.4 is 15.0 Å². The van der Waals surface area contributed by atoms with Gasteiger partial charge in [-0.15, -0.1) is 5.10 Å². The standard InChI is InChI=1S/C28H34N6O3/c1-6-28(3,4)29-27(36)26(23-16-12-18-32(23)5)34(22-15-10-11-17-24(22)37-7-2)25(35)19-33-21-14-9-8-13-20(21)30-31-33/h8-18,26H,6-7,19H2,1-5H3,(H,29,36)/t26-/m1/s1. The van der Waals surface area contributed by atoms with Crippen LogP contribution in [0.5, 0.6) is 5.75 Å². The van der Waals surface area contributed by atoms with Gasteiger partial charge in [-0.2, -0.15) is 0 Å². The molecule has 2 heterocycles. The highest BCUT2D eigenvalue weighted by molar-refractivity contribution is 6.02. The largest absolute Gasteiger partial charge is 0.492 e. The Morgan fingerprint density at radius 2 is 1.78 bits per heavy atom. The van der Waals surface area contributed by atoms with Crippen LogP contribution in [0, 0.1) is 0 Å². The molecule has 2 aromatic carbocycles. The molecule has 4 rings (SSSR count). The zero-order chi connectivity index (χ0) is 26.6. The predicted octanol–water partition coefficient (Wildman–Crippen LogP) is 4.25. The van der Waals surface area contributed by atoms with E-state index in [1.54, 1.807) is 16.8 Å². The van der Waals surface area contributed by atoms with E-state index in [1.165, 1.54) is 4.90 Å². The molecule has 0 saturated heterocycles. The number of carbonyl (C=O) groups excluding carboxylic acids is 2. The molecule has 1 N–H and O–H groups in total. The zero-order valence-electron chi connectivity index (χ0n) is 22.0. The highest BCUT2D eigenvalue weighted by atomic mass is 16.5. The van der Waals surface area contributed by atoms with Gasteiger partial charge in [0.25, 0.3) is 0 Å². The van der Waals surface area contributed by atoms with Crippen molar-refractivity contribution in [3.63, 3.8) is 0 Å². The molecule has 2 amide bonds. The summed E-state index contributed by atoms with van der Waals surface area (Å²) in [7, 11) is 1.86. The summed E-state index contributed by atoms with van der Waals surface area (Å²) in [6, 6.07) is 17.5. The number of fused-ring (bicyclic) bond motifs is 1. The van der Waals surface area contributed by atoms with Crippen molar-refractivity contribution < 1.29 is 14.3 Å². The molecule has 0 aliphatic rings. The number of carbonyl (C=O) groups is 2. The molecule has 0 aliphatic heterocycles. The first kappa shape index (κ1) is 25.9. The number of hydrogen-bond acceptors (Lipinski definition) is 5. The molecule has 0 spiro atoms. The van der Waals surface area contributed by atoms with Crippen LogP contribution >= 0.6 is 0 Å². The molecule has 0 bridgehead atoms. The van der Waals surface area contributed by atoms with E-state index in [1.807, 2.05) is 94.0 Å². The molecule has 37 heavy (non-hydrogen) atoms. The minimum atomic E-state index is -0.949. The number of ether oxygens (including phenoxy) is 1. The maximum Gasteiger partial charge on any atom is 0.249 e. The molecule has 2 aromatic heterocycles. The van der Waals surface area contributed by atoms with Crippen molar-refractivity contribution in [2.75, 3.05) is 11.5 Å². The lowest BCUT2D eigenvalue weighted by Gasteiger charge is -2.35. The normalized spacial score (nSPS) is 12.4. The summed E-state index contributed by atoms with van der Waals surface area (Å²) in [5.74, 6) is -0.0845. The Hall–Kier alpha value is -4.14. The molecule has 0 unspecified atom stereocenters.